The van der Waals surface area contributed by atoms with Gasteiger partial charge in [-0.2, -0.15) is 0 Å². The Morgan fingerprint density at radius 2 is 1.27 bits per heavy atom. The minimum absolute atomic E-state index is 0.0189. The summed E-state index contributed by atoms with van der Waals surface area (Å²) in [6.45, 7) is 12.8. The van der Waals surface area contributed by atoms with Crippen LogP contribution >= 0.6 is 7.92 Å². The molecule has 0 heterocycles. The van der Waals surface area contributed by atoms with Crippen LogP contribution in [0.15, 0.2) is 60.7 Å². The van der Waals surface area contributed by atoms with E-state index in [1.54, 1.807) is 0 Å². The minimum atomic E-state index is -1.08. The lowest BCUT2D eigenvalue weighted by Gasteiger charge is -2.36. The van der Waals surface area contributed by atoms with Gasteiger partial charge in [-0.25, -0.2) is 8.93 Å². The molecule has 0 amide bonds. The third kappa shape index (κ3) is 6.01. The Kier molecular flexibility index (Phi) is 7.19. The Balaban J connectivity index is 2.35. The lowest BCUT2D eigenvalue weighted by molar-refractivity contribution is 0.324. The van der Waals surface area contributed by atoms with E-state index in [4.69, 9.17) is 0 Å². The van der Waals surface area contributed by atoms with Crippen LogP contribution in [0.1, 0.15) is 41.5 Å². The average molecular weight is 390 g/mol. The normalized spacial score (nSPS) is 15.0. The number of hydrogen-bond donors (Lipinski definition) is 1. The van der Waals surface area contributed by atoms with Crippen molar-refractivity contribution >= 4 is 29.5 Å². The summed E-state index contributed by atoms with van der Waals surface area (Å²) in [6, 6.07) is 21.6. The van der Waals surface area contributed by atoms with E-state index in [2.05, 4.69) is 86.2 Å². The van der Waals surface area contributed by atoms with Gasteiger partial charge in [0, 0.05) is 6.04 Å². The highest BCUT2D eigenvalue weighted by Crippen LogP contribution is 2.38. The zero-order valence-corrected chi connectivity index (χ0v) is 18.5. The van der Waals surface area contributed by atoms with E-state index in [9.17, 15) is 4.21 Å². The molecule has 1 N–H and O–H groups in total. The topological polar surface area (TPSA) is 29.1 Å². The maximum Gasteiger partial charge on any atom is 0.0973 e. The van der Waals surface area contributed by atoms with Crippen LogP contribution < -0.4 is 15.3 Å². The summed E-state index contributed by atoms with van der Waals surface area (Å²) in [7, 11) is -1.60. The molecule has 2 rings (SSSR count). The Morgan fingerprint density at radius 1 is 0.846 bits per heavy atom. The zero-order chi connectivity index (χ0) is 19.4. The third-order valence-electron chi connectivity index (χ3n) is 4.35. The molecule has 2 unspecified atom stereocenters. The molecule has 0 saturated heterocycles. The molecular formula is C22H32NOPS. The molecule has 2 aromatic carbocycles. The standard InChI is InChI=1S/C22H32NOPS/c1-21(2,3)20(23-26(24)22(4,5)6)17-25(18-13-9-7-10-14-18)19-15-11-8-12-16-19/h7-16,20,23H,17H2,1-6H3. The molecular weight excluding hydrogens is 357 g/mol. The molecule has 0 fully saturated rings. The maximum atomic E-state index is 12.8. The summed E-state index contributed by atoms with van der Waals surface area (Å²) in [5.41, 5.74) is 0.0189. The van der Waals surface area contributed by atoms with Gasteiger partial charge in [0.25, 0.3) is 0 Å². The van der Waals surface area contributed by atoms with Gasteiger partial charge in [-0.15, -0.1) is 0 Å². The summed E-state index contributed by atoms with van der Waals surface area (Å²) in [6.07, 6.45) is 0.967. The number of rotatable bonds is 6. The zero-order valence-electron chi connectivity index (χ0n) is 16.8. The fourth-order valence-corrected chi connectivity index (χ4v) is 6.51. The van der Waals surface area contributed by atoms with Crippen molar-refractivity contribution in [2.45, 2.75) is 52.3 Å². The molecule has 0 aliphatic rings. The van der Waals surface area contributed by atoms with Crippen LogP contribution in [0.5, 0.6) is 0 Å². The second kappa shape index (κ2) is 8.78. The quantitative estimate of drug-likeness (QED) is 0.720. The molecule has 4 heteroatoms. The molecule has 2 nitrogen and oxygen atoms in total. The van der Waals surface area contributed by atoms with Crippen LogP contribution in [0, 0.1) is 5.41 Å². The lowest BCUT2D eigenvalue weighted by Crippen LogP contribution is -2.48. The summed E-state index contributed by atoms with van der Waals surface area (Å²) >= 11 is 0. The first-order valence-electron chi connectivity index (χ1n) is 9.15. The minimum Gasteiger partial charge on any atom is -0.242 e. The van der Waals surface area contributed by atoms with Crippen molar-refractivity contribution in [1.82, 2.24) is 4.72 Å². The Morgan fingerprint density at radius 3 is 1.62 bits per heavy atom. The maximum absolute atomic E-state index is 12.8. The predicted molar refractivity (Wildman–Crippen MR) is 118 cm³/mol. The highest BCUT2D eigenvalue weighted by atomic mass is 32.2. The van der Waals surface area contributed by atoms with Crippen molar-refractivity contribution in [3.63, 3.8) is 0 Å². The molecule has 2 atom stereocenters. The van der Waals surface area contributed by atoms with E-state index in [0.29, 0.717) is 0 Å². The van der Waals surface area contributed by atoms with E-state index in [-0.39, 0.29) is 16.2 Å². The molecule has 0 aromatic heterocycles. The summed E-state index contributed by atoms with van der Waals surface area (Å²) in [5, 5.41) is 2.73. The molecule has 2 aromatic rings. The Bertz CT molecular complexity index is 665. The first kappa shape index (κ1) is 21.3. The van der Waals surface area contributed by atoms with Crippen molar-refractivity contribution in [3.05, 3.63) is 60.7 Å². The van der Waals surface area contributed by atoms with Crippen LogP contribution in [0.25, 0.3) is 0 Å². The van der Waals surface area contributed by atoms with E-state index in [1.165, 1.54) is 10.6 Å². The van der Waals surface area contributed by atoms with Gasteiger partial charge in [0.05, 0.1) is 15.7 Å². The van der Waals surface area contributed by atoms with Gasteiger partial charge >= 0.3 is 0 Å². The Labute approximate surface area is 163 Å². The van der Waals surface area contributed by atoms with Crippen LogP contribution in [-0.2, 0) is 11.0 Å². The molecule has 0 bridgehead atoms. The van der Waals surface area contributed by atoms with Gasteiger partial charge in [-0.3, -0.25) is 0 Å². The summed E-state index contributed by atoms with van der Waals surface area (Å²) in [4.78, 5) is 0. The van der Waals surface area contributed by atoms with Crippen molar-refractivity contribution in [2.24, 2.45) is 5.41 Å². The third-order valence-corrected chi connectivity index (χ3v) is 8.54. The monoisotopic (exact) mass is 389 g/mol. The lowest BCUT2D eigenvalue weighted by atomic mass is 9.89. The van der Waals surface area contributed by atoms with Crippen LogP contribution in [0.3, 0.4) is 0 Å². The Hall–Kier alpha value is -1.02. The van der Waals surface area contributed by atoms with Gasteiger partial charge in [0.2, 0.25) is 0 Å². The van der Waals surface area contributed by atoms with E-state index in [1.807, 2.05) is 20.8 Å². The van der Waals surface area contributed by atoms with Crippen LogP contribution in [0.2, 0.25) is 0 Å². The molecule has 0 spiro atoms. The fraction of sp³-hybridized carbons (Fsp3) is 0.455. The molecule has 0 aliphatic carbocycles. The SMILES string of the molecule is CC(C)(C)C(CP(c1ccccc1)c1ccccc1)NS(=O)C(C)(C)C. The molecule has 0 saturated carbocycles. The van der Waals surface area contributed by atoms with Gasteiger partial charge < -0.3 is 0 Å². The number of nitrogens with one attached hydrogen (secondary N) is 1. The van der Waals surface area contributed by atoms with Gasteiger partial charge in [0.1, 0.15) is 0 Å². The largest absolute Gasteiger partial charge is 0.242 e. The van der Waals surface area contributed by atoms with Crippen LogP contribution in [0.4, 0.5) is 0 Å². The predicted octanol–water partition coefficient (Wildman–Crippen LogP) is 4.59. The highest BCUT2D eigenvalue weighted by molar-refractivity contribution is 7.84. The van der Waals surface area contributed by atoms with Crippen molar-refractivity contribution < 1.29 is 4.21 Å². The fourth-order valence-electron chi connectivity index (χ4n) is 2.55. The molecule has 26 heavy (non-hydrogen) atoms. The molecule has 142 valence electrons. The number of hydrogen-bond acceptors (Lipinski definition) is 1. The van der Waals surface area contributed by atoms with Gasteiger partial charge in [0.15, 0.2) is 0 Å². The molecule has 0 aliphatic heterocycles. The van der Waals surface area contributed by atoms with Crippen molar-refractivity contribution in [2.75, 3.05) is 6.16 Å². The number of benzene rings is 2. The van der Waals surface area contributed by atoms with Crippen LogP contribution in [-0.4, -0.2) is 21.2 Å². The van der Waals surface area contributed by atoms with E-state index in [0.717, 1.165) is 6.16 Å². The second-order valence-electron chi connectivity index (χ2n) is 8.70. The van der Waals surface area contributed by atoms with Crippen molar-refractivity contribution in [1.29, 1.82) is 0 Å². The van der Waals surface area contributed by atoms with Gasteiger partial charge in [-0.05, 0) is 50.9 Å². The first-order valence-corrected chi connectivity index (χ1v) is 11.8. The summed E-state index contributed by atoms with van der Waals surface area (Å²) in [5.74, 6) is 0. The highest BCUT2D eigenvalue weighted by Gasteiger charge is 2.32. The van der Waals surface area contributed by atoms with E-state index < -0.39 is 18.9 Å². The first-order chi connectivity index (χ1) is 12.1. The second-order valence-corrected chi connectivity index (χ2v) is 13.0. The smallest absolute Gasteiger partial charge is 0.0973 e. The van der Waals surface area contributed by atoms with Gasteiger partial charge in [-0.1, -0.05) is 81.4 Å². The van der Waals surface area contributed by atoms with Crippen molar-refractivity contribution in [3.8, 4) is 0 Å². The average Bonchev–Trinajstić information content (AvgIpc) is 2.58. The molecule has 0 radical (unpaired) electrons. The summed E-state index contributed by atoms with van der Waals surface area (Å²) < 4.78 is 16.0. The van der Waals surface area contributed by atoms with E-state index >= 15 is 0 Å².